The molecule has 80 valence electrons. The van der Waals surface area contributed by atoms with E-state index < -0.39 is 0 Å². The molecule has 0 saturated carbocycles. The third-order valence-corrected chi connectivity index (χ3v) is 3.08. The van der Waals surface area contributed by atoms with E-state index in [0.29, 0.717) is 6.04 Å². The molecule has 1 saturated heterocycles. The van der Waals surface area contributed by atoms with Crippen molar-refractivity contribution in [1.82, 2.24) is 0 Å². The molecule has 13 heavy (non-hydrogen) atoms. The van der Waals surface area contributed by atoms with Crippen molar-refractivity contribution >= 4 is 0 Å². The Morgan fingerprint density at radius 1 is 1.31 bits per heavy atom. The maximum atomic E-state index is 5.70. The molecule has 3 heteroatoms. The van der Waals surface area contributed by atoms with Crippen molar-refractivity contribution in [3.63, 3.8) is 0 Å². The van der Waals surface area contributed by atoms with Gasteiger partial charge in [0, 0.05) is 0 Å². The second kappa shape index (κ2) is 4.28. The number of likely N-dealkylation sites (N-methyl/N-ethyl adjacent to an activating group) is 1. The van der Waals surface area contributed by atoms with Gasteiger partial charge in [-0.2, -0.15) is 0 Å². The Morgan fingerprint density at radius 2 is 1.85 bits per heavy atom. The minimum absolute atomic E-state index is 0. The van der Waals surface area contributed by atoms with E-state index in [1.807, 2.05) is 0 Å². The average molecular weight is 252 g/mol. The lowest BCUT2D eigenvalue weighted by atomic mass is 10.0. The van der Waals surface area contributed by atoms with Crippen molar-refractivity contribution in [2.75, 3.05) is 26.7 Å². The molecule has 0 bridgehead atoms. The van der Waals surface area contributed by atoms with Gasteiger partial charge in [-0.1, -0.05) is 0 Å². The Morgan fingerprint density at radius 3 is 2.15 bits per heavy atom. The van der Waals surface area contributed by atoms with Crippen LogP contribution in [0.15, 0.2) is 0 Å². The van der Waals surface area contributed by atoms with E-state index in [-0.39, 0.29) is 22.6 Å². The van der Waals surface area contributed by atoms with E-state index in [4.69, 9.17) is 4.74 Å². The molecule has 0 amide bonds. The minimum atomic E-state index is 0. The molecule has 1 atom stereocenters. The van der Waals surface area contributed by atoms with Gasteiger partial charge < -0.3 is 26.2 Å². The van der Waals surface area contributed by atoms with Gasteiger partial charge >= 0.3 is 0 Å². The molecule has 1 unspecified atom stereocenters. The number of morpholine rings is 1. The van der Waals surface area contributed by atoms with Gasteiger partial charge in [0.05, 0.1) is 19.7 Å². The van der Waals surface area contributed by atoms with E-state index >= 15 is 0 Å². The first-order chi connectivity index (χ1) is 5.36. The third-order valence-electron chi connectivity index (χ3n) is 3.08. The maximum absolute atomic E-state index is 5.70. The number of halogens is 1. The number of hydrogen-bond donors (Lipinski definition) is 0. The van der Waals surface area contributed by atoms with Gasteiger partial charge in [0.15, 0.2) is 0 Å². The Kier molecular flexibility index (Phi) is 4.41. The van der Waals surface area contributed by atoms with Crippen LogP contribution in [0.25, 0.3) is 0 Å². The standard InChI is InChI=1S/C10H22NO.BrH/c1-9(2)11(5)6-7-12-10(3,4)8-11;/h9H,6-8H2,1-5H3;1H/q+1;/p-1. The zero-order chi connectivity index (χ0) is 9.41. The highest BCUT2D eigenvalue weighted by Gasteiger charge is 2.38. The van der Waals surface area contributed by atoms with Gasteiger partial charge in [-0.25, -0.2) is 0 Å². The fourth-order valence-electron chi connectivity index (χ4n) is 1.97. The summed E-state index contributed by atoms with van der Waals surface area (Å²) >= 11 is 0. The van der Waals surface area contributed by atoms with E-state index in [0.717, 1.165) is 24.2 Å². The van der Waals surface area contributed by atoms with Crippen molar-refractivity contribution in [3.05, 3.63) is 0 Å². The van der Waals surface area contributed by atoms with Gasteiger partial charge in [-0.15, -0.1) is 0 Å². The van der Waals surface area contributed by atoms with E-state index in [1.165, 1.54) is 0 Å². The van der Waals surface area contributed by atoms with Gasteiger partial charge in [-0.05, 0) is 27.7 Å². The zero-order valence-electron chi connectivity index (χ0n) is 9.43. The highest BCUT2D eigenvalue weighted by atomic mass is 79.9. The van der Waals surface area contributed by atoms with Crippen LogP contribution in [0.4, 0.5) is 0 Å². The Hall–Kier alpha value is 0.400. The van der Waals surface area contributed by atoms with Crippen LogP contribution in [-0.4, -0.2) is 42.9 Å². The quantitative estimate of drug-likeness (QED) is 0.525. The molecular weight excluding hydrogens is 230 g/mol. The van der Waals surface area contributed by atoms with Crippen molar-refractivity contribution in [3.8, 4) is 0 Å². The highest BCUT2D eigenvalue weighted by molar-refractivity contribution is 4.72. The Labute approximate surface area is 92.6 Å². The molecule has 0 aliphatic carbocycles. The summed E-state index contributed by atoms with van der Waals surface area (Å²) < 4.78 is 6.84. The van der Waals surface area contributed by atoms with Crippen LogP contribution in [0, 0.1) is 0 Å². The Balaban J connectivity index is 0.00000144. The van der Waals surface area contributed by atoms with Crippen LogP contribution in [0.5, 0.6) is 0 Å². The van der Waals surface area contributed by atoms with Crippen molar-refractivity contribution in [2.45, 2.75) is 39.3 Å². The molecule has 1 aliphatic heterocycles. The van der Waals surface area contributed by atoms with E-state index in [1.54, 1.807) is 0 Å². The molecule has 0 aromatic rings. The molecule has 2 nitrogen and oxygen atoms in total. The molecule has 0 spiro atoms. The molecule has 1 aliphatic rings. The van der Waals surface area contributed by atoms with Gasteiger partial charge in [0.1, 0.15) is 18.7 Å². The summed E-state index contributed by atoms with van der Waals surface area (Å²) in [7, 11) is 2.33. The van der Waals surface area contributed by atoms with Crippen molar-refractivity contribution in [1.29, 1.82) is 0 Å². The maximum Gasteiger partial charge on any atom is 0.112 e. The Bertz CT molecular complexity index is 170. The molecule has 0 radical (unpaired) electrons. The second-order valence-electron chi connectivity index (χ2n) is 5.06. The van der Waals surface area contributed by atoms with E-state index in [2.05, 4.69) is 34.7 Å². The van der Waals surface area contributed by atoms with Crippen LogP contribution in [0.3, 0.4) is 0 Å². The highest BCUT2D eigenvalue weighted by Crippen LogP contribution is 2.23. The normalized spacial score (nSPS) is 32.8. The first kappa shape index (κ1) is 13.4. The third kappa shape index (κ3) is 3.22. The van der Waals surface area contributed by atoms with E-state index in [9.17, 15) is 0 Å². The number of ether oxygens (including phenoxy) is 1. The lowest BCUT2D eigenvalue weighted by Gasteiger charge is -2.47. The molecule has 0 aromatic heterocycles. The number of rotatable bonds is 1. The molecule has 1 heterocycles. The fourth-order valence-corrected chi connectivity index (χ4v) is 1.97. The van der Waals surface area contributed by atoms with Crippen LogP contribution in [0.2, 0.25) is 0 Å². The van der Waals surface area contributed by atoms with Crippen LogP contribution in [0.1, 0.15) is 27.7 Å². The number of nitrogens with zero attached hydrogens (tertiary/aromatic N) is 1. The molecular formula is C10H22BrNO. The zero-order valence-corrected chi connectivity index (χ0v) is 11.0. The summed E-state index contributed by atoms with van der Waals surface area (Å²) in [5.74, 6) is 0. The first-order valence-electron chi connectivity index (χ1n) is 4.84. The lowest BCUT2D eigenvalue weighted by Crippen LogP contribution is -3.00. The summed E-state index contributed by atoms with van der Waals surface area (Å²) in [6, 6.07) is 0.702. The topological polar surface area (TPSA) is 9.23 Å². The molecule has 0 aromatic carbocycles. The molecule has 0 N–H and O–H groups in total. The predicted molar refractivity (Wildman–Crippen MR) is 51.1 cm³/mol. The summed E-state index contributed by atoms with van der Waals surface area (Å²) in [4.78, 5) is 0. The summed E-state index contributed by atoms with van der Waals surface area (Å²) in [6.45, 7) is 12.1. The molecule has 1 fully saturated rings. The smallest absolute Gasteiger partial charge is 0.112 e. The van der Waals surface area contributed by atoms with Crippen LogP contribution < -0.4 is 17.0 Å². The lowest BCUT2D eigenvalue weighted by molar-refractivity contribution is -0.943. The van der Waals surface area contributed by atoms with Crippen LogP contribution in [-0.2, 0) is 4.74 Å². The predicted octanol–water partition coefficient (Wildman–Crippen LogP) is -1.35. The van der Waals surface area contributed by atoms with Crippen molar-refractivity contribution in [2.24, 2.45) is 0 Å². The van der Waals surface area contributed by atoms with Gasteiger partial charge in [0.2, 0.25) is 0 Å². The minimum Gasteiger partial charge on any atom is -1.00 e. The monoisotopic (exact) mass is 251 g/mol. The number of hydrogen-bond acceptors (Lipinski definition) is 1. The molecule has 1 rings (SSSR count). The SMILES string of the molecule is CC(C)[N+]1(C)CCOC(C)(C)C1.[Br-]. The summed E-state index contributed by atoms with van der Waals surface area (Å²) in [5.41, 5.74) is 0.0667. The van der Waals surface area contributed by atoms with Crippen molar-refractivity contribution < 1.29 is 26.2 Å². The summed E-state index contributed by atoms with van der Waals surface area (Å²) in [6.07, 6.45) is 0. The van der Waals surface area contributed by atoms with Gasteiger partial charge in [-0.3, -0.25) is 0 Å². The largest absolute Gasteiger partial charge is 1.00 e. The summed E-state index contributed by atoms with van der Waals surface area (Å²) in [5, 5.41) is 0. The fraction of sp³-hybridized carbons (Fsp3) is 1.00. The number of quaternary nitrogens is 1. The second-order valence-corrected chi connectivity index (χ2v) is 5.06. The first-order valence-corrected chi connectivity index (χ1v) is 4.84. The van der Waals surface area contributed by atoms with Gasteiger partial charge in [0.25, 0.3) is 0 Å². The average Bonchev–Trinajstić information content (AvgIpc) is 1.83. The van der Waals surface area contributed by atoms with Crippen LogP contribution >= 0.6 is 0 Å².